The van der Waals surface area contributed by atoms with Gasteiger partial charge in [0.2, 0.25) is 5.91 Å². The summed E-state index contributed by atoms with van der Waals surface area (Å²) in [5.41, 5.74) is 1.94. The lowest BCUT2D eigenvalue weighted by atomic mass is 10.0. The lowest BCUT2D eigenvalue weighted by Gasteiger charge is -2.33. The monoisotopic (exact) mass is 670 g/mol. The van der Waals surface area contributed by atoms with Gasteiger partial charge in [0.25, 0.3) is 5.91 Å². The fourth-order valence-corrected chi connectivity index (χ4v) is 6.89. The number of aryl methyl sites for hydroxylation is 1. The Bertz CT molecular complexity index is 1870. The van der Waals surface area contributed by atoms with Crippen molar-refractivity contribution in [1.29, 1.82) is 0 Å². The quantitative estimate of drug-likeness (QED) is 0.189. The number of alkyl carbamates (subject to hydrolysis) is 1. The van der Waals surface area contributed by atoms with Crippen LogP contribution in [0.25, 0.3) is 10.2 Å². The van der Waals surface area contributed by atoms with Crippen LogP contribution in [-0.2, 0) is 9.53 Å². The van der Waals surface area contributed by atoms with Crippen molar-refractivity contribution in [2.75, 3.05) is 29.9 Å². The maximum atomic E-state index is 13.7. The minimum Gasteiger partial charge on any atom is -0.457 e. The first-order valence-corrected chi connectivity index (χ1v) is 16.7. The largest absolute Gasteiger partial charge is 0.457 e. The van der Waals surface area contributed by atoms with E-state index in [-0.39, 0.29) is 30.8 Å². The van der Waals surface area contributed by atoms with Crippen molar-refractivity contribution in [1.82, 2.24) is 20.5 Å². The van der Waals surface area contributed by atoms with Gasteiger partial charge in [-0.15, -0.1) is 11.3 Å². The Kier molecular flexibility index (Phi) is 9.22. The normalized spacial score (nSPS) is 15.9. The van der Waals surface area contributed by atoms with Crippen LogP contribution in [0.5, 0.6) is 11.5 Å². The molecule has 1 saturated heterocycles. The van der Waals surface area contributed by atoms with Crippen LogP contribution in [0.2, 0.25) is 0 Å². The van der Waals surface area contributed by atoms with E-state index < -0.39 is 17.7 Å². The van der Waals surface area contributed by atoms with Gasteiger partial charge in [0.05, 0.1) is 22.4 Å². The van der Waals surface area contributed by atoms with Crippen LogP contribution >= 0.6 is 11.3 Å². The highest BCUT2D eigenvalue weighted by molar-refractivity contribution is 7.21. The second kappa shape index (κ2) is 13.5. The first-order chi connectivity index (χ1) is 23.0. The number of benzene rings is 2. The van der Waals surface area contributed by atoms with Gasteiger partial charge in [-0.3, -0.25) is 14.5 Å². The van der Waals surface area contributed by atoms with Crippen molar-refractivity contribution in [2.45, 2.75) is 58.6 Å². The van der Waals surface area contributed by atoms with Crippen molar-refractivity contribution < 1.29 is 28.7 Å². The molecule has 0 unspecified atom stereocenters. The molecule has 48 heavy (non-hydrogen) atoms. The SMILES string of the molecule is Cc1cc(Oc2ccccc2)ccc1N1C(=O)Nc2c(C(=O)N[C@@H]3CCCN(C(=O)CCNC(=O)OC(C)(C)C)C3)sc3nccc1c23. The zero-order chi connectivity index (χ0) is 34.0. The van der Waals surface area contributed by atoms with Gasteiger partial charge < -0.3 is 30.3 Å². The molecule has 12 nitrogen and oxygen atoms in total. The summed E-state index contributed by atoms with van der Waals surface area (Å²) < 4.78 is 11.2. The number of para-hydroxylation sites is 1. The topological polar surface area (TPSA) is 142 Å². The van der Waals surface area contributed by atoms with E-state index in [0.29, 0.717) is 63.2 Å². The van der Waals surface area contributed by atoms with Crippen LogP contribution in [0, 0.1) is 6.92 Å². The minimum absolute atomic E-state index is 0.113. The van der Waals surface area contributed by atoms with Crippen LogP contribution in [0.3, 0.4) is 0 Å². The summed E-state index contributed by atoms with van der Waals surface area (Å²) >= 11 is 1.21. The number of pyridine rings is 1. The molecule has 1 fully saturated rings. The molecule has 6 rings (SSSR count). The molecule has 3 N–H and O–H groups in total. The fourth-order valence-electron chi connectivity index (χ4n) is 5.87. The molecule has 250 valence electrons. The molecule has 13 heteroatoms. The first-order valence-electron chi connectivity index (χ1n) is 15.9. The molecular formula is C35H38N6O6S. The van der Waals surface area contributed by atoms with Gasteiger partial charge in [-0.2, -0.15) is 0 Å². The number of thiophene rings is 1. The third-order valence-electron chi connectivity index (χ3n) is 7.96. The van der Waals surface area contributed by atoms with E-state index in [1.807, 2.05) is 55.5 Å². The number of carbonyl (C=O) groups excluding carboxylic acids is 4. The molecule has 0 bridgehead atoms. The van der Waals surface area contributed by atoms with Crippen LogP contribution in [0.15, 0.2) is 60.8 Å². The number of nitrogens with one attached hydrogen (secondary N) is 3. The summed E-state index contributed by atoms with van der Waals surface area (Å²) in [4.78, 5) is 60.9. The predicted molar refractivity (Wildman–Crippen MR) is 184 cm³/mol. The number of rotatable bonds is 8. The smallest absolute Gasteiger partial charge is 0.407 e. The lowest BCUT2D eigenvalue weighted by Crippen LogP contribution is -2.50. The number of urea groups is 1. The van der Waals surface area contributed by atoms with E-state index in [2.05, 4.69) is 20.9 Å². The zero-order valence-electron chi connectivity index (χ0n) is 27.3. The van der Waals surface area contributed by atoms with Gasteiger partial charge in [0.15, 0.2) is 0 Å². The maximum absolute atomic E-state index is 13.7. The number of likely N-dealkylation sites (tertiary alicyclic amines) is 1. The van der Waals surface area contributed by atoms with Crippen LogP contribution in [0.4, 0.5) is 26.7 Å². The Morgan fingerprint density at radius 1 is 1.06 bits per heavy atom. The number of hydrogen-bond donors (Lipinski definition) is 3. The number of ether oxygens (including phenoxy) is 2. The van der Waals surface area contributed by atoms with E-state index in [4.69, 9.17) is 9.47 Å². The molecule has 0 spiro atoms. The Labute approximate surface area is 282 Å². The summed E-state index contributed by atoms with van der Waals surface area (Å²) in [5, 5.41) is 9.33. The molecule has 2 aliphatic heterocycles. The molecule has 5 amide bonds. The second-order valence-corrected chi connectivity index (χ2v) is 13.8. The number of amides is 5. The molecule has 0 aliphatic carbocycles. The highest BCUT2D eigenvalue weighted by Crippen LogP contribution is 2.46. The van der Waals surface area contributed by atoms with Crippen molar-refractivity contribution in [3.63, 3.8) is 0 Å². The number of hydrogen-bond acceptors (Lipinski definition) is 8. The Hall–Kier alpha value is -5.17. The average Bonchev–Trinajstić information content (AvgIpc) is 3.41. The number of carbonyl (C=O) groups is 4. The predicted octanol–water partition coefficient (Wildman–Crippen LogP) is 6.72. The molecule has 1 atom stereocenters. The molecule has 4 heterocycles. The Morgan fingerprint density at radius 3 is 2.60 bits per heavy atom. The van der Waals surface area contributed by atoms with Crippen molar-refractivity contribution >= 4 is 62.6 Å². The third-order valence-corrected chi connectivity index (χ3v) is 9.05. The number of aromatic nitrogens is 1. The molecule has 2 aliphatic rings. The highest BCUT2D eigenvalue weighted by Gasteiger charge is 2.34. The zero-order valence-corrected chi connectivity index (χ0v) is 28.1. The van der Waals surface area contributed by atoms with E-state index in [1.54, 1.807) is 42.8 Å². The number of anilines is 3. The van der Waals surface area contributed by atoms with Gasteiger partial charge in [0, 0.05) is 38.3 Å². The van der Waals surface area contributed by atoms with Crippen molar-refractivity contribution in [3.8, 4) is 11.5 Å². The van der Waals surface area contributed by atoms with Gasteiger partial charge in [-0.25, -0.2) is 14.6 Å². The van der Waals surface area contributed by atoms with E-state index in [9.17, 15) is 19.2 Å². The summed E-state index contributed by atoms with van der Waals surface area (Å²) in [6.45, 7) is 8.31. The molecule has 0 saturated carbocycles. The van der Waals surface area contributed by atoms with Gasteiger partial charge in [0.1, 0.15) is 26.8 Å². The average molecular weight is 671 g/mol. The molecule has 4 aromatic rings. The van der Waals surface area contributed by atoms with Gasteiger partial charge in [-0.1, -0.05) is 18.2 Å². The van der Waals surface area contributed by atoms with E-state index in [1.165, 1.54) is 11.3 Å². The lowest BCUT2D eigenvalue weighted by molar-refractivity contribution is -0.132. The summed E-state index contributed by atoms with van der Waals surface area (Å²) in [6.07, 6.45) is 2.62. The summed E-state index contributed by atoms with van der Waals surface area (Å²) in [5.74, 6) is 0.913. The Morgan fingerprint density at radius 2 is 1.85 bits per heavy atom. The number of piperidine rings is 1. The van der Waals surface area contributed by atoms with Gasteiger partial charge >= 0.3 is 12.1 Å². The highest BCUT2D eigenvalue weighted by atomic mass is 32.1. The molecule has 0 radical (unpaired) electrons. The maximum Gasteiger partial charge on any atom is 0.407 e. The Balaban J connectivity index is 1.14. The van der Waals surface area contributed by atoms with Crippen molar-refractivity contribution in [3.05, 3.63) is 71.2 Å². The summed E-state index contributed by atoms with van der Waals surface area (Å²) in [7, 11) is 0. The second-order valence-electron chi connectivity index (χ2n) is 12.8. The van der Waals surface area contributed by atoms with Crippen molar-refractivity contribution in [2.24, 2.45) is 0 Å². The van der Waals surface area contributed by atoms with Crippen LogP contribution in [-0.4, -0.2) is 65.1 Å². The molecule has 2 aromatic heterocycles. The van der Waals surface area contributed by atoms with Crippen LogP contribution in [0.1, 0.15) is 55.3 Å². The standard InChI is InChI=1S/C35H38N6O6S/c1-21-19-24(46-23-10-6-5-7-11-23)12-13-25(21)41-26-14-16-36-32-28(26)29(39-33(41)44)30(48-32)31(43)38-22-9-8-18-40(20-22)27(42)15-17-37-34(45)47-35(2,3)4/h5-7,10-14,16,19,22H,8-9,15,17-18,20H2,1-4H3,(H,37,45)(H,38,43)(H,39,44)/t22-/m1/s1. The van der Waals surface area contributed by atoms with E-state index in [0.717, 1.165) is 12.0 Å². The molecular weight excluding hydrogens is 632 g/mol. The van der Waals surface area contributed by atoms with E-state index >= 15 is 0 Å². The third kappa shape index (κ3) is 7.20. The minimum atomic E-state index is -0.622. The van der Waals surface area contributed by atoms with Crippen LogP contribution < -0.4 is 25.6 Å². The first kappa shape index (κ1) is 32.8. The van der Waals surface area contributed by atoms with Gasteiger partial charge in [-0.05, 0) is 82.5 Å². The fraction of sp³-hybridized carbons (Fsp3) is 0.343. The number of nitrogens with zero attached hydrogens (tertiary/aromatic N) is 3. The summed E-state index contributed by atoms with van der Waals surface area (Å²) in [6, 6.07) is 16.1. The molecule has 2 aromatic carbocycles.